The van der Waals surface area contributed by atoms with Gasteiger partial charge in [0.25, 0.3) is 0 Å². The maximum Gasteiger partial charge on any atom is 0.336 e. The Bertz CT molecular complexity index is 7000. The second kappa shape index (κ2) is 17.4. The van der Waals surface area contributed by atoms with Crippen molar-refractivity contribution in [2.45, 2.75) is 64.3 Å². The zero-order chi connectivity index (χ0) is 70.4. The molecule has 0 radical (unpaired) electrons. The fourth-order valence-electron chi connectivity index (χ4n) is 23.1. The zero-order valence-electron chi connectivity index (χ0n) is 54.4. The number of fused-ring (bicyclic) bond motifs is 4. The van der Waals surface area contributed by atoms with Crippen LogP contribution in [0.3, 0.4) is 0 Å². The van der Waals surface area contributed by atoms with Crippen LogP contribution in [0.15, 0.2) is 95.8 Å². The molecular weight excluding hydrogens is 1350 g/mol. The number of rotatable bonds is 22. The number of phenolic OH excluding ortho intramolecular Hbond substituents is 1. The summed E-state index contributed by atoms with van der Waals surface area (Å²) in [5.41, 5.74) is 3.50. The highest BCUT2D eigenvalue weighted by molar-refractivity contribution is 6.40. The van der Waals surface area contributed by atoms with Gasteiger partial charge in [0.2, 0.25) is 0 Å². The minimum Gasteiger partial charge on any atom is -0.508 e. The minimum absolute atomic E-state index is 0.0244. The van der Waals surface area contributed by atoms with Gasteiger partial charge in [0, 0.05) is 98.9 Å². The van der Waals surface area contributed by atoms with Gasteiger partial charge in [-0.25, -0.2) is 14.4 Å². The van der Waals surface area contributed by atoms with Gasteiger partial charge in [-0.2, -0.15) is 0 Å². The summed E-state index contributed by atoms with van der Waals surface area (Å²) < 4.78 is 55.2. The van der Waals surface area contributed by atoms with Gasteiger partial charge in [-0.3, -0.25) is 0 Å². The Morgan fingerprint density at radius 1 is 0.448 bits per heavy atom. The number of aromatic hydroxyl groups is 1. The Balaban J connectivity index is 0.864. The zero-order valence-corrected chi connectivity index (χ0v) is 54.4. The Morgan fingerprint density at radius 3 is 1.94 bits per heavy atom. The molecule has 105 heavy (non-hydrogen) atoms. The third kappa shape index (κ3) is 5.58. The molecule has 3 heterocycles. The van der Waals surface area contributed by atoms with E-state index in [4.69, 9.17) is 37.9 Å². The number of aliphatic hydroxyl groups is 7. The van der Waals surface area contributed by atoms with Crippen molar-refractivity contribution in [3.63, 3.8) is 0 Å². The van der Waals surface area contributed by atoms with Crippen molar-refractivity contribution in [2.75, 3.05) is 59.5 Å². The molecule has 3 saturated heterocycles. The predicted molar refractivity (Wildman–Crippen MR) is 374 cm³/mol. The highest BCUT2D eigenvalue weighted by Crippen LogP contribution is 2.88. The van der Waals surface area contributed by atoms with Crippen LogP contribution in [0.5, 0.6) is 11.5 Å². The fourth-order valence-corrected chi connectivity index (χ4v) is 23.1. The quantitative estimate of drug-likeness (QED) is 0.0182. The van der Waals surface area contributed by atoms with Crippen LogP contribution in [0.1, 0.15) is 86.7 Å². The van der Waals surface area contributed by atoms with E-state index in [0.717, 1.165) is 114 Å². The van der Waals surface area contributed by atoms with Crippen molar-refractivity contribution in [3.8, 4) is 22.6 Å². The second-order valence-electron chi connectivity index (χ2n) is 30.6. The molecule has 15 aliphatic rings. The van der Waals surface area contributed by atoms with Gasteiger partial charge >= 0.3 is 17.9 Å². The number of carboxylic acid groups (broad SMARTS) is 3. The summed E-state index contributed by atoms with van der Waals surface area (Å²) in [6, 6.07) is 20.4. The number of ether oxygens (including phenoxy) is 8. The average molecular weight is 1400 g/mol. The van der Waals surface area contributed by atoms with Crippen molar-refractivity contribution in [1.29, 1.82) is 0 Å². The number of carbonyl (C=O) groups is 3. The number of allylic oxidation sites excluding steroid dienone is 1. The maximum atomic E-state index is 14.8. The lowest BCUT2D eigenvalue weighted by atomic mass is 9.47. The van der Waals surface area contributed by atoms with Crippen LogP contribution in [0, 0.1) is 0 Å². The number of hydrogen-bond donors (Lipinski definition) is 11. The first-order valence-electron chi connectivity index (χ1n) is 35.0. The molecule has 11 aromatic carbocycles. The molecule has 11 N–H and O–H groups in total. The molecule has 6 spiro atoms. The fraction of sp³-hybridized carbons (Fsp3) is 0.241. The first kappa shape index (κ1) is 57.8. The Hall–Kier alpha value is -10.5. The Labute approximate surface area is 585 Å². The second-order valence-corrected chi connectivity index (χ2v) is 30.6. The topological polar surface area (TPSA) is 357 Å². The van der Waals surface area contributed by atoms with E-state index in [1.807, 2.05) is 30.3 Å². The van der Waals surface area contributed by atoms with Crippen molar-refractivity contribution in [2.24, 2.45) is 0 Å². The van der Waals surface area contributed by atoms with E-state index in [1.165, 1.54) is 0 Å². The van der Waals surface area contributed by atoms with Crippen LogP contribution in [-0.4, -0.2) is 175 Å². The summed E-state index contributed by atoms with van der Waals surface area (Å²) in [5, 5.41) is 135. The number of aromatic carboxylic acids is 3. The number of benzene rings is 11. The molecule has 514 valence electrons. The number of carboxylic acids is 3. The Morgan fingerprint density at radius 2 is 1.15 bits per heavy atom. The smallest absolute Gasteiger partial charge is 0.336 e. The number of hydrogen-bond acceptors (Lipinski definition) is 19. The van der Waals surface area contributed by atoms with Crippen LogP contribution in [-0.2, 0) is 55.6 Å². The molecule has 26 rings (SSSR count). The third-order valence-corrected chi connectivity index (χ3v) is 26.0. The summed E-state index contributed by atoms with van der Waals surface area (Å²) >= 11 is 0. The molecule has 3 fully saturated rings. The lowest BCUT2D eigenvalue weighted by Crippen LogP contribution is -2.59. The molecule has 22 heteroatoms. The molecule has 0 bridgehead atoms. The monoisotopic (exact) mass is 1400 g/mol. The van der Waals surface area contributed by atoms with Crippen LogP contribution in [0.2, 0.25) is 0 Å². The summed E-state index contributed by atoms with van der Waals surface area (Å²) in [4.78, 5) is 43.1. The number of aliphatic hydroxyl groups excluding tert-OH is 7. The van der Waals surface area contributed by atoms with Crippen molar-refractivity contribution in [1.82, 2.24) is 0 Å². The van der Waals surface area contributed by atoms with Gasteiger partial charge in [-0.05, 0) is 181 Å². The summed E-state index contributed by atoms with van der Waals surface area (Å²) in [6.07, 6.45) is 3.07. The Kier molecular flexibility index (Phi) is 9.58. The summed E-state index contributed by atoms with van der Waals surface area (Å²) in [5.74, 6) is -3.79. The average Bonchev–Trinajstić information content (AvgIpc) is 1.38. The normalized spacial score (nSPS) is 27.0. The van der Waals surface area contributed by atoms with Crippen molar-refractivity contribution < 1.29 is 108 Å². The molecule has 22 nitrogen and oxygen atoms in total. The van der Waals surface area contributed by atoms with E-state index in [2.05, 4.69) is 24.3 Å². The van der Waals surface area contributed by atoms with E-state index < -0.39 is 102 Å². The van der Waals surface area contributed by atoms with Crippen LogP contribution >= 0.6 is 0 Å². The van der Waals surface area contributed by atoms with Gasteiger partial charge < -0.3 is 94.1 Å². The molecular formula is C83H50O22. The minimum atomic E-state index is -1.56. The van der Waals surface area contributed by atoms with Gasteiger partial charge in [-0.1, -0.05) is 24.3 Å². The highest BCUT2D eigenvalue weighted by atomic mass is 16.7. The molecule has 11 aromatic rings. The molecule has 3 aliphatic heterocycles. The largest absolute Gasteiger partial charge is 0.508 e. The SMILES string of the molecule is O=C(O)c1cc2c3c4c5c6c7c(cc5c(OCC(COCC(O)COC(O)CO)OCC(O)COCC(O)CO)c3c1)C=C1C=C(O)C=C3c5c(C(=O)O)cc8c9c(C(=O)O)ccc%10c9c9c%11c%12c(c(c5c%118)C75OC135)=C6C13OC41c1c-2cc(O)c2c1c1c4c5c(cc6cccc2c64)C=C(C=%10)C92OC52C=%12C=13. The number of epoxide rings is 3. The molecule has 11 unspecified atom stereocenters. The van der Waals surface area contributed by atoms with Crippen molar-refractivity contribution in [3.05, 3.63) is 189 Å². The summed E-state index contributed by atoms with van der Waals surface area (Å²) in [7, 11) is 0. The molecule has 0 amide bonds. The maximum absolute atomic E-state index is 14.8. The molecule has 0 aromatic heterocycles. The van der Waals surface area contributed by atoms with E-state index in [0.29, 0.717) is 92.8 Å². The lowest BCUT2D eigenvalue weighted by Gasteiger charge is -2.50. The third-order valence-electron chi connectivity index (χ3n) is 26.0. The number of phenols is 1. The van der Waals surface area contributed by atoms with E-state index in [1.54, 1.807) is 42.5 Å². The summed E-state index contributed by atoms with van der Waals surface area (Å²) in [6.45, 7) is -3.69. The van der Waals surface area contributed by atoms with Gasteiger partial charge in [0.1, 0.15) is 48.3 Å². The van der Waals surface area contributed by atoms with Gasteiger partial charge in [0.05, 0.1) is 69.5 Å². The van der Waals surface area contributed by atoms with Gasteiger partial charge in [-0.15, -0.1) is 0 Å². The first-order chi connectivity index (χ1) is 50.9. The van der Waals surface area contributed by atoms with Gasteiger partial charge in [0.15, 0.2) is 39.9 Å². The van der Waals surface area contributed by atoms with E-state index in [-0.39, 0.29) is 73.6 Å². The van der Waals surface area contributed by atoms with Crippen LogP contribution < -0.4 is 25.6 Å². The lowest BCUT2D eigenvalue weighted by molar-refractivity contribution is -0.151. The highest BCUT2D eigenvalue weighted by Gasteiger charge is 2.90. The first-order valence-corrected chi connectivity index (χ1v) is 35.0. The van der Waals surface area contributed by atoms with Crippen molar-refractivity contribution >= 4 is 145 Å². The predicted octanol–water partition coefficient (Wildman–Crippen LogP) is 5.10. The van der Waals surface area contributed by atoms with E-state index in [9.17, 15) is 70.6 Å². The molecule has 11 atom stereocenters. The van der Waals surface area contributed by atoms with Crippen LogP contribution in [0.4, 0.5) is 0 Å². The molecule has 0 saturated carbocycles. The molecule has 12 aliphatic carbocycles. The van der Waals surface area contributed by atoms with E-state index >= 15 is 0 Å². The van der Waals surface area contributed by atoms with Crippen LogP contribution in [0.25, 0.3) is 138 Å². The standard InChI is InChI=1S/C83H50O22/c84-17-34(87)19-98-20-35(88)22-100-37(24-99-21-36(89)23-101-48(91)18-85)25-102-74-43-12-30(75(92)93)11-40-41-16-47(90)54-38-3-1-2-26-6-28-8-31-7-27-4-5-39(76(94)95)51-42-15-45(77(96)97)53-46-14-33(86)13-32-9-29-10-44(74)56-63-66(29)80(78(32,46)103-80)70-58(53)55(42)60-62-64(70)71(63)83-72-61(59(54)67(41)82(83,105-83)69(56)52(40)43)57(49(26)38)65(28)81(73(62)72)79(31,104-81)68(60)50(27)51/h1-16,34-37,48,84-91H,17-25H2,(H,92,93)(H,94,95)(H,96,97).